The van der Waals surface area contributed by atoms with Crippen LogP contribution in [0, 0.1) is 0 Å². The summed E-state index contributed by atoms with van der Waals surface area (Å²) >= 11 is 0. The molecule has 1 aliphatic heterocycles. The summed E-state index contributed by atoms with van der Waals surface area (Å²) in [6.07, 6.45) is 0.636. The van der Waals surface area contributed by atoms with Gasteiger partial charge in [0.25, 0.3) is 0 Å². The summed E-state index contributed by atoms with van der Waals surface area (Å²) in [5.41, 5.74) is 2.50. The minimum atomic E-state index is 0.230. The summed E-state index contributed by atoms with van der Waals surface area (Å²) in [6.45, 7) is 1.40. The zero-order valence-electron chi connectivity index (χ0n) is 10.8. The predicted octanol–water partition coefficient (Wildman–Crippen LogP) is 3.20. The molecule has 1 aliphatic rings. The molecular weight excluding hydrogens is 234 g/mol. The van der Waals surface area contributed by atoms with E-state index in [4.69, 9.17) is 0 Å². The molecule has 1 saturated heterocycles. The van der Waals surface area contributed by atoms with Crippen molar-refractivity contribution in [3.63, 3.8) is 0 Å². The number of ketones is 1. The molecular formula is C17H17NO. The lowest BCUT2D eigenvalue weighted by Gasteiger charge is -2.23. The third-order valence-electron chi connectivity index (χ3n) is 3.65. The molecule has 19 heavy (non-hydrogen) atoms. The summed E-state index contributed by atoms with van der Waals surface area (Å²) < 4.78 is 0. The second kappa shape index (κ2) is 5.37. The molecule has 1 atom stereocenters. The lowest BCUT2D eigenvalue weighted by Crippen LogP contribution is -2.23. The summed E-state index contributed by atoms with van der Waals surface area (Å²) in [5, 5.41) is 0. The molecule has 0 N–H and O–H groups in total. The van der Waals surface area contributed by atoms with E-state index in [2.05, 4.69) is 29.2 Å². The molecule has 1 fully saturated rings. The number of benzene rings is 2. The lowest BCUT2D eigenvalue weighted by atomic mass is 10.0. The van der Waals surface area contributed by atoms with Gasteiger partial charge in [0, 0.05) is 19.0 Å². The van der Waals surface area contributed by atoms with Gasteiger partial charge in [0.2, 0.25) is 0 Å². The van der Waals surface area contributed by atoms with Gasteiger partial charge in [0.05, 0.1) is 6.54 Å². The molecule has 3 rings (SSSR count). The van der Waals surface area contributed by atoms with Gasteiger partial charge in [-0.3, -0.25) is 9.69 Å². The van der Waals surface area contributed by atoms with Crippen LogP contribution in [0.2, 0.25) is 0 Å². The number of likely N-dealkylation sites (tertiary alicyclic amines) is 1. The topological polar surface area (TPSA) is 20.3 Å². The van der Waals surface area contributed by atoms with Crippen LogP contribution < -0.4 is 0 Å². The van der Waals surface area contributed by atoms with Crippen LogP contribution in [-0.2, 0) is 11.3 Å². The number of carbonyl (C=O) groups is 1. The SMILES string of the molecule is O=C1C[C@H](c2ccccc2)N(Cc2ccccc2)C1. The van der Waals surface area contributed by atoms with Crippen LogP contribution in [-0.4, -0.2) is 17.2 Å². The number of hydrogen-bond donors (Lipinski definition) is 0. The van der Waals surface area contributed by atoms with E-state index in [9.17, 15) is 4.79 Å². The molecule has 0 saturated carbocycles. The van der Waals surface area contributed by atoms with Gasteiger partial charge in [-0.25, -0.2) is 0 Å². The van der Waals surface area contributed by atoms with E-state index < -0.39 is 0 Å². The number of nitrogens with zero attached hydrogens (tertiary/aromatic N) is 1. The quantitative estimate of drug-likeness (QED) is 0.835. The number of hydrogen-bond acceptors (Lipinski definition) is 2. The van der Waals surface area contributed by atoms with Crippen molar-refractivity contribution in [3.05, 3.63) is 71.8 Å². The van der Waals surface area contributed by atoms with Gasteiger partial charge in [-0.05, 0) is 11.1 Å². The smallest absolute Gasteiger partial charge is 0.148 e. The van der Waals surface area contributed by atoms with Gasteiger partial charge in [0.1, 0.15) is 5.78 Å². The Labute approximate surface area is 113 Å². The zero-order chi connectivity index (χ0) is 13.1. The highest BCUT2D eigenvalue weighted by molar-refractivity contribution is 5.83. The van der Waals surface area contributed by atoms with Crippen molar-refractivity contribution in [2.75, 3.05) is 6.54 Å². The third kappa shape index (κ3) is 2.74. The fraction of sp³-hybridized carbons (Fsp3) is 0.235. The Morgan fingerprint density at radius 3 is 2.26 bits per heavy atom. The molecule has 0 aromatic heterocycles. The van der Waals surface area contributed by atoms with E-state index in [0.717, 1.165) is 6.54 Å². The van der Waals surface area contributed by atoms with Crippen LogP contribution >= 0.6 is 0 Å². The molecule has 1 heterocycles. The van der Waals surface area contributed by atoms with Crippen molar-refractivity contribution < 1.29 is 4.79 Å². The minimum Gasteiger partial charge on any atom is -0.298 e. The van der Waals surface area contributed by atoms with Crippen molar-refractivity contribution in [2.45, 2.75) is 19.0 Å². The first kappa shape index (κ1) is 12.1. The molecule has 2 aromatic rings. The minimum absolute atomic E-state index is 0.230. The van der Waals surface area contributed by atoms with Crippen LogP contribution in [0.25, 0.3) is 0 Å². The van der Waals surface area contributed by atoms with Crippen LogP contribution in [0.4, 0.5) is 0 Å². The molecule has 2 aromatic carbocycles. The lowest BCUT2D eigenvalue weighted by molar-refractivity contribution is -0.117. The molecule has 0 radical (unpaired) electrons. The summed E-state index contributed by atoms with van der Waals surface area (Å²) in [4.78, 5) is 14.1. The van der Waals surface area contributed by atoms with Gasteiger partial charge in [0.15, 0.2) is 0 Å². The highest BCUT2D eigenvalue weighted by Crippen LogP contribution is 2.31. The fourth-order valence-corrected chi connectivity index (χ4v) is 2.73. The summed E-state index contributed by atoms with van der Waals surface area (Å²) in [7, 11) is 0. The maximum atomic E-state index is 11.8. The average Bonchev–Trinajstić information content (AvgIpc) is 2.82. The van der Waals surface area contributed by atoms with Gasteiger partial charge < -0.3 is 0 Å². The predicted molar refractivity (Wildman–Crippen MR) is 75.7 cm³/mol. The largest absolute Gasteiger partial charge is 0.298 e. The van der Waals surface area contributed by atoms with Gasteiger partial charge in [-0.15, -0.1) is 0 Å². The Hall–Kier alpha value is -1.93. The van der Waals surface area contributed by atoms with Crippen molar-refractivity contribution in [1.82, 2.24) is 4.90 Å². The zero-order valence-corrected chi connectivity index (χ0v) is 10.8. The van der Waals surface area contributed by atoms with E-state index in [1.54, 1.807) is 0 Å². The number of rotatable bonds is 3. The summed E-state index contributed by atoms with van der Waals surface area (Å²) in [5.74, 6) is 0.338. The summed E-state index contributed by atoms with van der Waals surface area (Å²) in [6, 6.07) is 20.9. The Balaban J connectivity index is 1.81. The van der Waals surface area contributed by atoms with Crippen molar-refractivity contribution in [3.8, 4) is 0 Å². The van der Waals surface area contributed by atoms with Crippen LogP contribution in [0.5, 0.6) is 0 Å². The Bertz CT molecular complexity index is 550. The highest BCUT2D eigenvalue weighted by atomic mass is 16.1. The van der Waals surface area contributed by atoms with Crippen molar-refractivity contribution >= 4 is 5.78 Å². The molecule has 96 valence electrons. The molecule has 0 unspecified atom stereocenters. The fourth-order valence-electron chi connectivity index (χ4n) is 2.73. The molecule has 0 spiro atoms. The van der Waals surface area contributed by atoms with Crippen LogP contribution in [0.15, 0.2) is 60.7 Å². The van der Waals surface area contributed by atoms with E-state index in [1.165, 1.54) is 11.1 Å². The maximum Gasteiger partial charge on any atom is 0.148 e. The van der Waals surface area contributed by atoms with E-state index in [1.807, 2.05) is 36.4 Å². The number of Topliss-reactive ketones (excluding diaryl/α,β-unsaturated/α-hetero) is 1. The molecule has 2 nitrogen and oxygen atoms in total. The first-order valence-electron chi connectivity index (χ1n) is 6.67. The standard InChI is InChI=1S/C17H17NO/c19-16-11-17(15-9-5-2-6-10-15)18(13-16)12-14-7-3-1-4-8-14/h1-10,17H,11-13H2/t17-/m1/s1. The van der Waals surface area contributed by atoms with Crippen molar-refractivity contribution in [2.24, 2.45) is 0 Å². The monoisotopic (exact) mass is 251 g/mol. The van der Waals surface area contributed by atoms with Gasteiger partial charge in [-0.1, -0.05) is 60.7 Å². The maximum absolute atomic E-state index is 11.8. The van der Waals surface area contributed by atoms with Gasteiger partial charge >= 0.3 is 0 Å². The van der Waals surface area contributed by atoms with Crippen LogP contribution in [0.1, 0.15) is 23.6 Å². The van der Waals surface area contributed by atoms with Gasteiger partial charge in [-0.2, -0.15) is 0 Å². The second-order valence-corrected chi connectivity index (χ2v) is 5.06. The first-order chi connectivity index (χ1) is 9.33. The molecule has 2 heteroatoms. The average molecular weight is 251 g/mol. The second-order valence-electron chi connectivity index (χ2n) is 5.06. The van der Waals surface area contributed by atoms with E-state index >= 15 is 0 Å². The Morgan fingerprint density at radius 1 is 0.947 bits per heavy atom. The number of carbonyl (C=O) groups excluding carboxylic acids is 1. The molecule has 0 aliphatic carbocycles. The van der Waals surface area contributed by atoms with E-state index in [0.29, 0.717) is 18.7 Å². The normalized spacial score (nSPS) is 19.8. The molecule has 0 amide bonds. The van der Waals surface area contributed by atoms with E-state index in [-0.39, 0.29) is 6.04 Å². The first-order valence-corrected chi connectivity index (χ1v) is 6.67. The molecule has 0 bridgehead atoms. The van der Waals surface area contributed by atoms with Crippen LogP contribution in [0.3, 0.4) is 0 Å². The third-order valence-corrected chi connectivity index (χ3v) is 3.65. The Morgan fingerprint density at radius 2 is 1.58 bits per heavy atom. The highest BCUT2D eigenvalue weighted by Gasteiger charge is 2.31. The van der Waals surface area contributed by atoms with Crippen molar-refractivity contribution in [1.29, 1.82) is 0 Å². The Kier molecular flexibility index (Phi) is 3.43.